The van der Waals surface area contributed by atoms with Crippen molar-refractivity contribution in [1.29, 1.82) is 0 Å². The summed E-state index contributed by atoms with van der Waals surface area (Å²) in [4.78, 5) is 25.0. The van der Waals surface area contributed by atoms with E-state index in [0.29, 0.717) is 23.0 Å². The molecule has 0 bridgehead atoms. The number of methoxy groups -OCH3 is 1. The number of amides is 1. The molecule has 0 radical (unpaired) electrons. The fraction of sp³-hybridized carbons (Fsp3) is 0.167. The molecule has 182 valence electrons. The molecule has 1 amide bonds. The Morgan fingerprint density at radius 1 is 1.11 bits per heavy atom. The summed E-state index contributed by atoms with van der Waals surface area (Å²) in [6, 6.07) is 17.3. The Hall–Kier alpha value is -3.34. The second kappa shape index (κ2) is 10.1. The lowest BCUT2D eigenvalue weighted by Gasteiger charge is -2.24. The fourth-order valence-electron chi connectivity index (χ4n) is 3.60. The number of hydrogen-bond acceptors (Lipinski definition) is 6. The van der Waals surface area contributed by atoms with Crippen LogP contribution in [0.15, 0.2) is 76.4 Å². The van der Waals surface area contributed by atoms with Crippen molar-refractivity contribution in [2.75, 3.05) is 23.3 Å². The van der Waals surface area contributed by atoms with Gasteiger partial charge in [0.2, 0.25) is 5.91 Å². The van der Waals surface area contributed by atoms with E-state index in [4.69, 9.17) is 16.3 Å². The quantitative estimate of drug-likeness (QED) is 0.359. The van der Waals surface area contributed by atoms with Gasteiger partial charge in [0.15, 0.2) is 0 Å². The molecular weight excluding hydrogens is 510 g/mol. The molecule has 4 aromatic rings. The third-order valence-corrected chi connectivity index (χ3v) is 8.26. The average molecular weight is 532 g/mol. The number of hydrogen-bond donors (Lipinski definition) is 1. The van der Waals surface area contributed by atoms with Crippen LogP contribution >= 0.6 is 22.9 Å². The number of halogens is 1. The van der Waals surface area contributed by atoms with Crippen molar-refractivity contribution in [3.63, 3.8) is 0 Å². The van der Waals surface area contributed by atoms with Gasteiger partial charge in [-0.15, -0.1) is 0 Å². The molecule has 0 saturated heterocycles. The normalized spacial score (nSPS) is 11.4. The van der Waals surface area contributed by atoms with Crippen molar-refractivity contribution in [2.45, 2.75) is 18.4 Å². The molecule has 0 aliphatic rings. The zero-order valence-corrected chi connectivity index (χ0v) is 21.3. The molecule has 0 aliphatic carbocycles. The smallest absolute Gasteiger partial charge is 0.308 e. The summed E-state index contributed by atoms with van der Waals surface area (Å²) < 4.78 is 35.5. The van der Waals surface area contributed by atoms with Crippen molar-refractivity contribution in [3.05, 3.63) is 81.4 Å². The first-order chi connectivity index (χ1) is 16.7. The molecule has 0 fully saturated rings. The minimum Gasteiger partial charge on any atom is -0.497 e. The van der Waals surface area contributed by atoms with Gasteiger partial charge in [0.05, 0.1) is 27.9 Å². The molecule has 1 aromatic heterocycles. The van der Waals surface area contributed by atoms with E-state index in [0.717, 1.165) is 25.9 Å². The molecular formula is C24H22ClN3O5S2. The van der Waals surface area contributed by atoms with Gasteiger partial charge in [-0.05, 0) is 67.6 Å². The van der Waals surface area contributed by atoms with Crippen LogP contribution in [-0.4, -0.2) is 32.5 Å². The number of ether oxygens (including phenoxy) is 1. The minimum absolute atomic E-state index is 0.00169. The van der Waals surface area contributed by atoms with Gasteiger partial charge in [-0.1, -0.05) is 29.0 Å². The fourth-order valence-corrected chi connectivity index (χ4v) is 6.19. The van der Waals surface area contributed by atoms with E-state index in [1.165, 1.54) is 37.4 Å². The number of nitrogens with zero attached hydrogens (tertiary/aromatic N) is 2. The second-order valence-electron chi connectivity index (χ2n) is 7.51. The van der Waals surface area contributed by atoms with E-state index < -0.39 is 22.5 Å². The Bertz CT molecular complexity index is 1550. The lowest BCUT2D eigenvalue weighted by molar-refractivity contribution is -0.114. The highest BCUT2D eigenvalue weighted by molar-refractivity contribution is 7.92. The summed E-state index contributed by atoms with van der Waals surface area (Å²) in [6.45, 7) is 1.94. The van der Waals surface area contributed by atoms with Crippen molar-refractivity contribution in [3.8, 4) is 5.75 Å². The first kappa shape index (κ1) is 24.8. The predicted octanol–water partition coefficient (Wildman–Crippen LogP) is 4.58. The number of thiazole rings is 1. The Kier molecular flexibility index (Phi) is 7.15. The van der Waals surface area contributed by atoms with Gasteiger partial charge in [0.25, 0.3) is 10.0 Å². The molecule has 0 spiro atoms. The summed E-state index contributed by atoms with van der Waals surface area (Å²) in [5, 5.41) is 3.07. The number of benzene rings is 3. The number of anilines is 2. The Morgan fingerprint density at radius 2 is 1.86 bits per heavy atom. The third-order valence-electron chi connectivity index (χ3n) is 5.30. The van der Waals surface area contributed by atoms with Crippen LogP contribution < -0.4 is 19.2 Å². The highest BCUT2D eigenvalue weighted by Gasteiger charge is 2.27. The molecule has 0 atom stereocenters. The van der Waals surface area contributed by atoms with Crippen LogP contribution in [0.4, 0.5) is 11.4 Å². The number of carbonyl (C=O) groups is 1. The molecule has 0 unspecified atom stereocenters. The summed E-state index contributed by atoms with van der Waals surface area (Å²) in [5.74, 6) is -0.0470. The molecule has 4 rings (SSSR count). The molecule has 1 N–H and O–H groups in total. The predicted molar refractivity (Wildman–Crippen MR) is 139 cm³/mol. The zero-order valence-electron chi connectivity index (χ0n) is 18.9. The van der Waals surface area contributed by atoms with Crippen LogP contribution in [0.25, 0.3) is 10.2 Å². The van der Waals surface area contributed by atoms with E-state index in [-0.39, 0.29) is 15.5 Å². The standard InChI is InChI=1S/C24H22ClN3O5S2/c1-3-27-21-12-7-17(14-22(21)34-24(27)30)26-23(29)15-28(18-6-4-5-16(25)13-18)35(31,32)20-10-8-19(33-2)9-11-20/h4-14H,3,15H2,1-2H3,(H,26,29). The van der Waals surface area contributed by atoms with Gasteiger partial charge in [0, 0.05) is 17.3 Å². The lowest BCUT2D eigenvalue weighted by Crippen LogP contribution is -2.38. The van der Waals surface area contributed by atoms with Gasteiger partial charge in [0.1, 0.15) is 12.3 Å². The van der Waals surface area contributed by atoms with Crippen molar-refractivity contribution in [1.82, 2.24) is 4.57 Å². The lowest BCUT2D eigenvalue weighted by atomic mass is 10.3. The zero-order chi connectivity index (χ0) is 25.2. The first-order valence-electron chi connectivity index (χ1n) is 10.6. The summed E-state index contributed by atoms with van der Waals surface area (Å²) >= 11 is 7.19. The number of carbonyl (C=O) groups excluding carboxylic acids is 1. The summed E-state index contributed by atoms with van der Waals surface area (Å²) in [5.41, 5.74) is 1.49. The molecule has 8 nitrogen and oxygen atoms in total. The maximum atomic E-state index is 13.5. The third kappa shape index (κ3) is 5.19. The largest absolute Gasteiger partial charge is 0.497 e. The van der Waals surface area contributed by atoms with Crippen molar-refractivity contribution in [2.24, 2.45) is 0 Å². The number of rotatable bonds is 8. The van der Waals surface area contributed by atoms with E-state index in [1.807, 2.05) is 6.92 Å². The summed E-state index contributed by atoms with van der Waals surface area (Å²) in [6.07, 6.45) is 0. The molecule has 3 aromatic carbocycles. The first-order valence-corrected chi connectivity index (χ1v) is 13.2. The average Bonchev–Trinajstić information content (AvgIpc) is 3.16. The second-order valence-corrected chi connectivity index (χ2v) is 10.8. The van der Waals surface area contributed by atoms with E-state index >= 15 is 0 Å². The molecule has 35 heavy (non-hydrogen) atoms. The number of fused-ring (bicyclic) bond motifs is 1. The maximum absolute atomic E-state index is 13.5. The Labute approximate surface area is 211 Å². The summed E-state index contributed by atoms with van der Waals surface area (Å²) in [7, 11) is -2.62. The number of nitrogens with one attached hydrogen (secondary N) is 1. The highest BCUT2D eigenvalue weighted by atomic mass is 35.5. The van der Waals surface area contributed by atoms with Crippen LogP contribution in [-0.2, 0) is 21.4 Å². The number of sulfonamides is 1. The Balaban J connectivity index is 1.64. The van der Waals surface area contributed by atoms with Crippen LogP contribution in [0.2, 0.25) is 5.02 Å². The van der Waals surface area contributed by atoms with Gasteiger partial charge >= 0.3 is 4.87 Å². The van der Waals surface area contributed by atoms with Crippen molar-refractivity contribution < 1.29 is 17.9 Å². The van der Waals surface area contributed by atoms with Crippen LogP contribution in [0.1, 0.15) is 6.92 Å². The van der Waals surface area contributed by atoms with Crippen LogP contribution in [0.3, 0.4) is 0 Å². The molecule has 0 aliphatic heterocycles. The van der Waals surface area contributed by atoms with E-state index in [9.17, 15) is 18.0 Å². The van der Waals surface area contributed by atoms with Crippen LogP contribution in [0.5, 0.6) is 5.75 Å². The minimum atomic E-state index is -4.11. The van der Waals surface area contributed by atoms with Crippen LogP contribution in [0, 0.1) is 0 Å². The molecule has 0 saturated carbocycles. The maximum Gasteiger partial charge on any atom is 0.308 e. The van der Waals surface area contributed by atoms with Gasteiger partial charge in [-0.3, -0.25) is 18.5 Å². The highest BCUT2D eigenvalue weighted by Crippen LogP contribution is 2.28. The topological polar surface area (TPSA) is 97.7 Å². The van der Waals surface area contributed by atoms with E-state index in [2.05, 4.69) is 5.32 Å². The van der Waals surface area contributed by atoms with Gasteiger partial charge < -0.3 is 10.1 Å². The SMILES string of the molecule is CCn1c(=O)sc2cc(NC(=O)CN(c3cccc(Cl)c3)S(=O)(=O)c3ccc(OC)cc3)ccc21. The van der Waals surface area contributed by atoms with Gasteiger partial charge in [-0.25, -0.2) is 8.42 Å². The molecule has 11 heteroatoms. The van der Waals surface area contributed by atoms with E-state index in [1.54, 1.807) is 41.0 Å². The monoisotopic (exact) mass is 531 g/mol. The number of aryl methyl sites for hydroxylation is 1. The Morgan fingerprint density at radius 3 is 2.51 bits per heavy atom. The van der Waals surface area contributed by atoms with Gasteiger partial charge in [-0.2, -0.15) is 0 Å². The number of aromatic nitrogens is 1. The van der Waals surface area contributed by atoms with Crippen molar-refractivity contribution >= 4 is 60.5 Å². The molecule has 1 heterocycles.